The van der Waals surface area contributed by atoms with Gasteiger partial charge in [-0.2, -0.15) is 0 Å². The minimum atomic E-state index is -2.96. The molecule has 0 amide bonds. The highest BCUT2D eigenvalue weighted by atomic mass is 28.3. The lowest BCUT2D eigenvalue weighted by atomic mass is 10.9. The Hall–Kier alpha value is -3.01. The Morgan fingerprint density at radius 2 is 0.536 bits per heavy atom. The fourth-order valence-electron chi connectivity index (χ4n) is 0.957. The number of hydrogen-bond donors (Lipinski definition) is 0. The molecule has 0 N–H and O–H groups in total. The third-order valence-corrected chi connectivity index (χ3v) is 4.72. The zero-order valence-corrected chi connectivity index (χ0v) is 18.8. The number of rotatable bonds is 6. The lowest BCUT2D eigenvalue weighted by Gasteiger charge is -2.12. The van der Waals surface area contributed by atoms with E-state index in [9.17, 15) is 28.8 Å². The minimum Gasteiger partial charge on any atom is -0.458 e. The topological polar surface area (TPSA) is 158 Å². The first-order valence-electron chi connectivity index (χ1n) is 7.36. The Bertz CT molecular complexity index is 438. The van der Waals surface area contributed by atoms with Crippen LogP contribution in [0.2, 0.25) is 0 Å². The molecule has 0 aromatic carbocycles. The lowest BCUT2D eigenvalue weighted by Crippen LogP contribution is -2.32. The van der Waals surface area contributed by atoms with E-state index in [2.05, 4.69) is 39.7 Å². The summed E-state index contributed by atoms with van der Waals surface area (Å²) in [5, 5.41) is 0. The van der Waals surface area contributed by atoms with Crippen LogP contribution in [0.1, 0.15) is 41.5 Å². The van der Waals surface area contributed by atoms with Gasteiger partial charge in [0.2, 0.25) is 0 Å². The molecule has 0 aliphatic carbocycles. The summed E-state index contributed by atoms with van der Waals surface area (Å²) in [6.45, 7) is 12.8. The summed E-state index contributed by atoms with van der Waals surface area (Å²) < 4.78 is 26.9. The van der Waals surface area contributed by atoms with Gasteiger partial charge in [-0.3, -0.25) is 28.8 Å². The molecular weight excluding hydrogens is 416 g/mol. The van der Waals surface area contributed by atoms with Gasteiger partial charge in [0.1, 0.15) is 0 Å². The Morgan fingerprint density at radius 1 is 0.429 bits per heavy atom. The van der Waals surface area contributed by atoms with Crippen molar-refractivity contribution in [3.8, 4) is 0 Å². The molecule has 0 heterocycles. The molecule has 0 radical (unpaired) electrons. The SMILES string of the molecule is C=C.CC(=O)O[SiH](OC(C)=O)OC(C)=O.CC(=O)O[SiH](OC(C)=O)OC(C)=O. The average Bonchev–Trinajstić information content (AvgIpc) is 2.45. The van der Waals surface area contributed by atoms with E-state index in [1.54, 1.807) is 0 Å². The van der Waals surface area contributed by atoms with Gasteiger partial charge in [-0.25, -0.2) is 0 Å². The van der Waals surface area contributed by atoms with Crippen LogP contribution in [0.15, 0.2) is 13.2 Å². The van der Waals surface area contributed by atoms with Gasteiger partial charge < -0.3 is 26.6 Å². The highest BCUT2D eigenvalue weighted by Crippen LogP contribution is 1.95. The van der Waals surface area contributed by atoms with Crippen molar-refractivity contribution in [1.82, 2.24) is 0 Å². The molecule has 0 aliphatic heterocycles. The van der Waals surface area contributed by atoms with Crippen molar-refractivity contribution in [1.29, 1.82) is 0 Å². The molecule has 0 saturated heterocycles. The van der Waals surface area contributed by atoms with Crippen molar-refractivity contribution in [2.24, 2.45) is 0 Å². The monoisotopic (exact) mass is 440 g/mol. The van der Waals surface area contributed by atoms with E-state index in [4.69, 9.17) is 0 Å². The number of carbonyl (C=O) groups excluding carboxylic acids is 6. The molecular formula is C14H24O12Si2. The average molecular weight is 441 g/mol. The maximum Gasteiger partial charge on any atom is 0.689 e. The summed E-state index contributed by atoms with van der Waals surface area (Å²) in [7, 11) is -5.91. The molecule has 0 spiro atoms. The van der Waals surface area contributed by atoms with Crippen LogP contribution in [0.5, 0.6) is 0 Å². The Kier molecular flexibility index (Phi) is 18.5. The first-order chi connectivity index (χ1) is 12.8. The molecule has 12 nitrogen and oxygen atoms in total. The molecule has 160 valence electrons. The molecule has 0 fully saturated rings. The highest BCUT2D eigenvalue weighted by Gasteiger charge is 2.26. The summed E-state index contributed by atoms with van der Waals surface area (Å²) in [5.41, 5.74) is 0. The van der Waals surface area contributed by atoms with Crippen molar-refractivity contribution in [3.05, 3.63) is 13.2 Å². The van der Waals surface area contributed by atoms with Crippen LogP contribution in [0.25, 0.3) is 0 Å². The fourth-order valence-corrected chi connectivity index (χ4v) is 2.87. The van der Waals surface area contributed by atoms with E-state index < -0.39 is 54.9 Å². The molecule has 0 atom stereocenters. The molecule has 0 aromatic rings. The van der Waals surface area contributed by atoms with Crippen LogP contribution in [0.4, 0.5) is 0 Å². The van der Waals surface area contributed by atoms with Gasteiger partial charge in [0.15, 0.2) is 0 Å². The molecule has 0 unspecified atom stereocenters. The van der Waals surface area contributed by atoms with Crippen molar-refractivity contribution in [2.75, 3.05) is 0 Å². The van der Waals surface area contributed by atoms with Crippen molar-refractivity contribution in [2.45, 2.75) is 41.5 Å². The van der Waals surface area contributed by atoms with E-state index in [-0.39, 0.29) is 0 Å². The van der Waals surface area contributed by atoms with Crippen LogP contribution in [-0.4, -0.2) is 54.9 Å². The van der Waals surface area contributed by atoms with Gasteiger partial charge >= 0.3 is 19.1 Å². The normalized spacial score (nSPS) is 8.71. The number of hydrogen-bond acceptors (Lipinski definition) is 12. The summed E-state index contributed by atoms with van der Waals surface area (Å²) in [5.74, 6) is -3.92. The van der Waals surface area contributed by atoms with Gasteiger partial charge in [0.05, 0.1) is 0 Å². The van der Waals surface area contributed by atoms with Crippen LogP contribution < -0.4 is 0 Å². The maximum absolute atomic E-state index is 10.4. The predicted octanol–water partition coefficient (Wildman–Crippen LogP) is -0.412. The van der Waals surface area contributed by atoms with Crippen molar-refractivity contribution < 1.29 is 55.3 Å². The standard InChI is InChI=1S/2C6H10O6Si.C2H4/c2*1-4(7)10-13(11-5(2)8)12-6(3)9;1-2/h2*13H,1-3H3;1-2H2. The van der Waals surface area contributed by atoms with Crippen molar-refractivity contribution >= 4 is 54.9 Å². The number of carbonyl (C=O) groups is 6. The van der Waals surface area contributed by atoms with E-state index >= 15 is 0 Å². The second kappa shape index (κ2) is 17.4. The van der Waals surface area contributed by atoms with E-state index in [1.165, 1.54) is 0 Å². The molecule has 0 aliphatic rings. The zero-order valence-electron chi connectivity index (χ0n) is 16.5. The smallest absolute Gasteiger partial charge is 0.458 e. The Morgan fingerprint density at radius 3 is 0.607 bits per heavy atom. The van der Waals surface area contributed by atoms with Gasteiger partial charge in [0.25, 0.3) is 35.8 Å². The summed E-state index contributed by atoms with van der Waals surface area (Å²) in [4.78, 5) is 62.7. The third-order valence-electron chi connectivity index (χ3n) is 1.57. The van der Waals surface area contributed by atoms with Gasteiger partial charge in [-0.15, -0.1) is 13.2 Å². The third kappa shape index (κ3) is 25.2. The Balaban J connectivity index is -0.000000410. The predicted molar refractivity (Wildman–Crippen MR) is 96.1 cm³/mol. The van der Waals surface area contributed by atoms with E-state index in [0.717, 1.165) is 41.5 Å². The molecule has 0 saturated carbocycles. The van der Waals surface area contributed by atoms with E-state index in [1.807, 2.05) is 0 Å². The molecule has 0 bridgehead atoms. The first-order valence-corrected chi connectivity index (χ1v) is 10.2. The van der Waals surface area contributed by atoms with Crippen molar-refractivity contribution in [3.63, 3.8) is 0 Å². The van der Waals surface area contributed by atoms with Crippen LogP contribution in [-0.2, 0) is 55.3 Å². The summed E-state index contributed by atoms with van der Waals surface area (Å²) in [6.07, 6.45) is 0. The molecule has 0 aromatic heterocycles. The second-order valence-electron chi connectivity index (χ2n) is 4.23. The van der Waals surface area contributed by atoms with Crippen LogP contribution in [0.3, 0.4) is 0 Å². The quantitative estimate of drug-likeness (QED) is 0.389. The lowest BCUT2D eigenvalue weighted by molar-refractivity contribution is -0.148. The first kappa shape index (κ1) is 29.7. The van der Waals surface area contributed by atoms with Crippen LogP contribution >= 0.6 is 0 Å². The maximum atomic E-state index is 10.4. The summed E-state index contributed by atoms with van der Waals surface area (Å²) in [6, 6.07) is 0. The van der Waals surface area contributed by atoms with Gasteiger partial charge in [-0.05, 0) is 0 Å². The fraction of sp³-hybridized carbons (Fsp3) is 0.429. The molecule has 14 heteroatoms. The zero-order chi connectivity index (χ0) is 22.9. The summed E-state index contributed by atoms with van der Waals surface area (Å²) >= 11 is 0. The van der Waals surface area contributed by atoms with E-state index in [0.29, 0.717) is 0 Å². The highest BCUT2D eigenvalue weighted by molar-refractivity contribution is 6.44. The molecule has 28 heavy (non-hydrogen) atoms. The van der Waals surface area contributed by atoms with Crippen LogP contribution in [0, 0.1) is 0 Å². The Labute approximate surface area is 165 Å². The minimum absolute atomic E-state index is 0.654. The molecule has 0 rings (SSSR count). The largest absolute Gasteiger partial charge is 0.689 e. The van der Waals surface area contributed by atoms with Gasteiger partial charge in [0, 0.05) is 41.5 Å². The van der Waals surface area contributed by atoms with Gasteiger partial charge in [-0.1, -0.05) is 0 Å². The second-order valence-corrected chi connectivity index (χ2v) is 6.80.